The van der Waals surface area contributed by atoms with Crippen molar-refractivity contribution < 1.29 is 19.3 Å². The Labute approximate surface area is 151 Å². The second-order valence-electron chi connectivity index (χ2n) is 8.10. The molecule has 136 valence electrons. The molecule has 1 aromatic rings. The van der Waals surface area contributed by atoms with Gasteiger partial charge in [0.05, 0.1) is 26.3 Å². The Balaban J connectivity index is 1.29. The number of hydrogen-bond acceptors (Lipinski definition) is 2. The molecule has 3 aliphatic rings. The molecule has 1 heterocycles. The zero-order valence-electron chi connectivity index (χ0n) is 15.6. The highest BCUT2D eigenvalue weighted by Gasteiger charge is 2.38. The number of benzene rings is 1. The Morgan fingerprint density at radius 3 is 2.40 bits per heavy atom. The molecule has 4 rings (SSSR count). The van der Waals surface area contributed by atoms with Crippen LogP contribution in [-0.2, 0) is 6.54 Å². The van der Waals surface area contributed by atoms with E-state index in [0.29, 0.717) is 0 Å². The quantitative estimate of drug-likeness (QED) is 0.722. The van der Waals surface area contributed by atoms with Gasteiger partial charge in [0.25, 0.3) is 0 Å². The summed E-state index contributed by atoms with van der Waals surface area (Å²) < 4.78 is 10.9. The lowest BCUT2D eigenvalue weighted by atomic mass is 9.93. The Hall–Kier alpha value is -1.52. The number of methoxy groups -OCH3 is 2. The van der Waals surface area contributed by atoms with E-state index in [1.807, 2.05) is 17.0 Å². The van der Waals surface area contributed by atoms with Crippen LogP contribution in [0, 0.1) is 17.8 Å². The van der Waals surface area contributed by atoms with Crippen LogP contribution in [0.4, 0.5) is 0 Å². The van der Waals surface area contributed by atoms with Crippen molar-refractivity contribution in [1.29, 1.82) is 0 Å². The van der Waals surface area contributed by atoms with Crippen molar-refractivity contribution in [2.75, 3.05) is 46.9 Å². The van der Waals surface area contributed by atoms with Crippen molar-refractivity contribution in [3.05, 3.63) is 35.9 Å². The van der Waals surface area contributed by atoms with Crippen molar-refractivity contribution in [2.45, 2.75) is 19.4 Å². The average molecular weight is 344 g/mol. The van der Waals surface area contributed by atoms with Gasteiger partial charge in [0.2, 0.25) is 0 Å². The van der Waals surface area contributed by atoms with Gasteiger partial charge in [-0.15, -0.1) is 0 Å². The molecule has 1 saturated carbocycles. The Morgan fingerprint density at radius 1 is 0.960 bits per heavy atom. The summed E-state index contributed by atoms with van der Waals surface area (Å²) in [5.74, 6) is 4.65. The first-order chi connectivity index (χ1) is 12.2. The monoisotopic (exact) mass is 344 g/mol. The minimum absolute atomic E-state index is 0.893. The van der Waals surface area contributed by atoms with Gasteiger partial charge in [0, 0.05) is 5.92 Å². The number of piperazine rings is 1. The van der Waals surface area contributed by atoms with Crippen molar-refractivity contribution in [3.63, 3.8) is 0 Å². The molecule has 1 aromatic carbocycles. The minimum atomic E-state index is 0.893. The fourth-order valence-corrected chi connectivity index (χ4v) is 5.13. The molecule has 4 heteroatoms. The molecule has 1 aliphatic heterocycles. The zero-order chi connectivity index (χ0) is 17.2. The molecule has 2 bridgehead atoms. The van der Waals surface area contributed by atoms with E-state index in [1.54, 1.807) is 19.1 Å². The van der Waals surface area contributed by atoms with E-state index in [9.17, 15) is 0 Å². The van der Waals surface area contributed by atoms with Crippen LogP contribution in [-0.4, -0.2) is 46.9 Å². The van der Waals surface area contributed by atoms with Gasteiger partial charge >= 0.3 is 0 Å². The van der Waals surface area contributed by atoms with Crippen LogP contribution in [0.2, 0.25) is 0 Å². The zero-order valence-corrected chi connectivity index (χ0v) is 15.6. The summed E-state index contributed by atoms with van der Waals surface area (Å²) in [5, 5.41) is 0. The number of rotatable bonds is 6. The number of allylic oxidation sites excluding steroid dienone is 2. The van der Waals surface area contributed by atoms with Gasteiger partial charge in [-0.2, -0.15) is 0 Å². The van der Waals surface area contributed by atoms with Crippen LogP contribution in [0.3, 0.4) is 0 Å². The van der Waals surface area contributed by atoms with E-state index in [1.165, 1.54) is 51.1 Å². The highest BCUT2D eigenvalue weighted by Crippen LogP contribution is 2.42. The van der Waals surface area contributed by atoms with Gasteiger partial charge in [0.15, 0.2) is 0 Å². The maximum atomic E-state index is 5.54. The van der Waals surface area contributed by atoms with E-state index in [4.69, 9.17) is 9.47 Å². The predicted molar refractivity (Wildman–Crippen MR) is 98.4 cm³/mol. The largest absolute Gasteiger partial charge is 0.497 e. The molecule has 2 fully saturated rings. The third kappa shape index (κ3) is 3.70. The fraction of sp³-hybridized carbons (Fsp3) is 0.619. The lowest BCUT2D eigenvalue weighted by molar-refractivity contribution is -1.02. The smallest absolute Gasteiger partial charge is 0.127 e. The van der Waals surface area contributed by atoms with E-state index in [-0.39, 0.29) is 0 Å². The first-order valence-corrected chi connectivity index (χ1v) is 9.81. The number of quaternary nitrogens is 2. The lowest BCUT2D eigenvalue weighted by Crippen LogP contribution is -3.27. The minimum Gasteiger partial charge on any atom is -0.497 e. The lowest BCUT2D eigenvalue weighted by Gasteiger charge is -2.32. The van der Waals surface area contributed by atoms with Crippen LogP contribution in [0.15, 0.2) is 30.4 Å². The van der Waals surface area contributed by atoms with Gasteiger partial charge < -0.3 is 19.3 Å². The molecular formula is C21H32N2O2+2. The Bertz CT molecular complexity index is 622. The number of fused-ring (bicyclic) bond motifs is 2. The Morgan fingerprint density at radius 2 is 1.76 bits per heavy atom. The third-order valence-electron chi connectivity index (χ3n) is 6.56. The molecule has 2 N–H and O–H groups in total. The summed E-state index contributed by atoms with van der Waals surface area (Å²) in [5.41, 5.74) is 1.26. The first kappa shape index (κ1) is 16.9. The van der Waals surface area contributed by atoms with Gasteiger partial charge in [-0.3, -0.25) is 0 Å². The van der Waals surface area contributed by atoms with Crippen molar-refractivity contribution in [1.82, 2.24) is 0 Å². The predicted octanol–water partition coefficient (Wildman–Crippen LogP) is 0.199. The summed E-state index contributed by atoms with van der Waals surface area (Å²) >= 11 is 0. The molecule has 0 aromatic heterocycles. The van der Waals surface area contributed by atoms with Crippen molar-refractivity contribution in [3.8, 4) is 11.5 Å². The molecule has 0 spiro atoms. The molecular weight excluding hydrogens is 312 g/mol. The normalized spacial score (nSPS) is 33.6. The first-order valence-electron chi connectivity index (χ1n) is 9.81. The van der Waals surface area contributed by atoms with Crippen molar-refractivity contribution >= 4 is 0 Å². The number of ether oxygens (including phenoxy) is 2. The van der Waals surface area contributed by atoms with E-state index < -0.39 is 0 Å². The molecule has 0 unspecified atom stereocenters. The van der Waals surface area contributed by atoms with Crippen LogP contribution >= 0.6 is 0 Å². The van der Waals surface area contributed by atoms with E-state index in [2.05, 4.69) is 18.2 Å². The van der Waals surface area contributed by atoms with Gasteiger partial charge in [-0.1, -0.05) is 12.2 Å². The van der Waals surface area contributed by atoms with Gasteiger partial charge in [-0.25, -0.2) is 0 Å². The number of hydrogen-bond donors (Lipinski definition) is 2. The summed E-state index contributed by atoms with van der Waals surface area (Å²) in [6.45, 7) is 7.54. The van der Waals surface area contributed by atoms with Crippen LogP contribution in [0.25, 0.3) is 0 Å². The summed E-state index contributed by atoms with van der Waals surface area (Å²) in [6.07, 6.45) is 7.84. The maximum Gasteiger partial charge on any atom is 0.127 e. The van der Waals surface area contributed by atoms with Crippen molar-refractivity contribution in [2.24, 2.45) is 17.8 Å². The van der Waals surface area contributed by atoms with Crippen LogP contribution < -0.4 is 19.3 Å². The number of nitrogens with one attached hydrogen (secondary N) is 2. The second-order valence-corrected chi connectivity index (χ2v) is 8.10. The molecule has 0 radical (unpaired) electrons. The molecule has 3 atom stereocenters. The maximum absolute atomic E-state index is 5.54. The van der Waals surface area contributed by atoms with Crippen LogP contribution in [0.1, 0.15) is 18.4 Å². The van der Waals surface area contributed by atoms with Gasteiger partial charge in [-0.05, 0) is 42.9 Å². The van der Waals surface area contributed by atoms with Gasteiger partial charge in [0.1, 0.15) is 44.2 Å². The topological polar surface area (TPSA) is 27.3 Å². The summed E-state index contributed by atoms with van der Waals surface area (Å²) in [6, 6.07) is 6.13. The molecule has 2 aliphatic carbocycles. The van der Waals surface area contributed by atoms with E-state index >= 15 is 0 Å². The molecule has 25 heavy (non-hydrogen) atoms. The third-order valence-corrected chi connectivity index (χ3v) is 6.56. The second kappa shape index (κ2) is 7.38. The fourth-order valence-electron chi connectivity index (χ4n) is 5.13. The van der Waals surface area contributed by atoms with Crippen LogP contribution in [0.5, 0.6) is 11.5 Å². The molecule has 4 nitrogen and oxygen atoms in total. The highest BCUT2D eigenvalue weighted by atomic mass is 16.5. The summed E-state index contributed by atoms with van der Waals surface area (Å²) in [4.78, 5) is 3.50. The SMILES string of the molecule is COc1ccc(OC)c(C[NH+]2CC[NH+](C[C@H]3C[C@@H]4C=C[C@H]3C4)CC2)c1. The Kier molecular flexibility index (Phi) is 5.00. The van der Waals surface area contributed by atoms with E-state index in [0.717, 1.165) is 35.8 Å². The highest BCUT2D eigenvalue weighted by molar-refractivity contribution is 5.39. The molecule has 0 amide bonds. The average Bonchev–Trinajstić information content (AvgIpc) is 3.26. The standard InChI is InChI=1S/C21H30N2O2/c1-24-20-5-6-21(25-2)19(13-20)15-23-9-7-22(8-10-23)14-18-12-16-3-4-17(18)11-16/h3-6,13,16-18H,7-12,14-15H2,1-2H3/p+2/t16-,17+,18-/m1/s1. The summed E-state index contributed by atoms with van der Waals surface area (Å²) in [7, 11) is 3.48. The molecule has 1 saturated heterocycles.